The fourth-order valence-electron chi connectivity index (χ4n) is 3.21. The molecule has 9 heteroatoms. The first-order valence-corrected chi connectivity index (χ1v) is 8.38. The van der Waals surface area contributed by atoms with E-state index in [-0.39, 0.29) is 18.4 Å². The van der Waals surface area contributed by atoms with Crippen LogP contribution in [0.3, 0.4) is 0 Å². The summed E-state index contributed by atoms with van der Waals surface area (Å²) in [7, 11) is 0. The number of aromatic nitrogens is 2. The topological polar surface area (TPSA) is 120 Å². The fraction of sp³-hybridized carbons (Fsp3) is 0.353. The quantitative estimate of drug-likeness (QED) is 0.610. The van der Waals surface area contributed by atoms with Crippen LogP contribution in [0.1, 0.15) is 27.8 Å². The third-order valence-electron chi connectivity index (χ3n) is 4.60. The van der Waals surface area contributed by atoms with Crippen LogP contribution in [0.5, 0.6) is 0 Å². The molecular formula is C17H19N5O4. The van der Waals surface area contributed by atoms with E-state index in [1.807, 2.05) is 0 Å². The number of amides is 2. The monoisotopic (exact) mass is 357 g/mol. The van der Waals surface area contributed by atoms with E-state index < -0.39 is 12.7 Å². The van der Waals surface area contributed by atoms with Crippen molar-refractivity contribution >= 4 is 23.2 Å². The molecule has 1 aromatic heterocycles. The number of hydrogen-bond donors (Lipinski definition) is 4. The minimum Gasteiger partial charge on any atom is -0.393 e. The minimum absolute atomic E-state index is 0.135. The summed E-state index contributed by atoms with van der Waals surface area (Å²) in [6.07, 6.45) is -1.02. The molecule has 0 saturated heterocycles. The SMILES string of the molecule is O=C1CNc2ccc(C(=O)N3CCn4nc([C@H](O)CO)cc4C3)cc2N1. The first kappa shape index (κ1) is 16.6. The number of carbonyl (C=O) groups excluding carboxylic acids is 2. The molecule has 0 aliphatic carbocycles. The van der Waals surface area contributed by atoms with E-state index in [0.717, 1.165) is 11.4 Å². The molecule has 2 aliphatic heterocycles. The molecule has 3 heterocycles. The maximum atomic E-state index is 12.8. The molecule has 2 amide bonds. The van der Waals surface area contributed by atoms with Gasteiger partial charge in [-0.1, -0.05) is 0 Å². The molecule has 26 heavy (non-hydrogen) atoms. The van der Waals surface area contributed by atoms with Crippen LogP contribution in [0.4, 0.5) is 11.4 Å². The van der Waals surface area contributed by atoms with E-state index in [4.69, 9.17) is 5.11 Å². The van der Waals surface area contributed by atoms with Gasteiger partial charge >= 0.3 is 0 Å². The molecule has 4 N–H and O–H groups in total. The summed E-state index contributed by atoms with van der Waals surface area (Å²) in [5, 5.41) is 28.8. The maximum Gasteiger partial charge on any atom is 0.254 e. The minimum atomic E-state index is -1.02. The molecule has 4 rings (SSSR count). The number of carbonyl (C=O) groups is 2. The Morgan fingerprint density at radius 3 is 2.92 bits per heavy atom. The van der Waals surface area contributed by atoms with Gasteiger partial charge in [0.15, 0.2) is 0 Å². The molecule has 1 atom stereocenters. The van der Waals surface area contributed by atoms with Crippen LogP contribution in [0.2, 0.25) is 0 Å². The fourth-order valence-corrected chi connectivity index (χ4v) is 3.21. The molecular weight excluding hydrogens is 338 g/mol. The van der Waals surface area contributed by atoms with Crippen molar-refractivity contribution in [2.75, 3.05) is 30.3 Å². The lowest BCUT2D eigenvalue weighted by Crippen LogP contribution is -2.38. The summed E-state index contributed by atoms with van der Waals surface area (Å²) in [6, 6.07) is 6.90. The molecule has 1 aromatic carbocycles. The molecule has 136 valence electrons. The lowest BCUT2D eigenvalue weighted by atomic mass is 10.1. The lowest BCUT2D eigenvalue weighted by molar-refractivity contribution is -0.114. The summed E-state index contributed by atoms with van der Waals surface area (Å²) < 4.78 is 1.75. The molecule has 0 bridgehead atoms. The highest BCUT2D eigenvalue weighted by Crippen LogP contribution is 2.27. The largest absolute Gasteiger partial charge is 0.393 e. The number of fused-ring (bicyclic) bond motifs is 2. The Balaban J connectivity index is 1.53. The predicted molar refractivity (Wildman–Crippen MR) is 92.6 cm³/mol. The van der Waals surface area contributed by atoms with Gasteiger partial charge in [-0.2, -0.15) is 5.10 Å². The number of rotatable bonds is 3. The highest BCUT2D eigenvalue weighted by atomic mass is 16.3. The lowest BCUT2D eigenvalue weighted by Gasteiger charge is -2.28. The number of nitrogens with zero attached hydrogens (tertiary/aromatic N) is 3. The van der Waals surface area contributed by atoms with Crippen molar-refractivity contribution in [2.45, 2.75) is 19.2 Å². The number of nitrogens with one attached hydrogen (secondary N) is 2. The number of anilines is 2. The number of hydrogen-bond acceptors (Lipinski definition) is 6. The zero-order valence-electron chi connectivity index (χ0n) is 14.0. The van der Waals surface area contributed by atoms with E-state index in [2.05, 4.69) is 15.7 Å². The van der Waals surface area contributed by atoms with Crippen LogP contribution in [-0.2, 0) is 17.9 Å². The highest BCUT2D eigenvalue weighted by molar-refractivity contribution is 6.03. The third kappa shape index (κ3) is 2.91. The predicted octanol–water partition coefficient (Wildman–Crippen LogP) is -0.0712. The zero-order valence-corrected chi connectivity index (χ0v) is 14.0. The highest BCUT2D eigenvalue weighted by Gasteiger charge is 2.25. The molecule has 0 saturated carbocycles. The Kier molecular flexibility index (Phi) is 4.09. The van der Waals surface area contributed by atoms with Gasteiger partial charge in [0.25, 0.3) is 5.91 Å². The molecule has 0 fully saturated rings. The van der Waals surface area contributed by atoms with Crippen LogP contribution in [0.25, 0.3) is 0 Å². The van der Waals surface area contributed by atoms with Gasteiger partial charge in [-0.3, -0.25) is 14.3 Å². The van der Waals surface area contributed by atoms with E-state index in [1.165, 1.54) is 0 Å². The van der Waals surface area contributed by atoms with Gasteiger partial charge in [0.05, 0.1) is 49.0 Å². The Morgan fingerprint density at radius 1 is 1.27 bits per heavy atom. The molecule has 0 radical (unpaired) electrons. The van der Waals surface area contributed by atoms with Crippen LogP contribution in [-0.4, -0.2) is 56.4 Å². The van der Waals surface area contributed by atoms with E-state index in [9.17, 15) is 14.7 Å². The van der Waals surface area contributed by atoms with Gasteiger partial charge in [0.1, 0.15) is 6.10 Å². The van der Waals surface area contributed by atoms with Crippen molar-refractivity contribution in [1.82, 2.24) is 14.7 Å². The average Bonchev–Trinajstić information content (AvgIpc) is 3.09. The van der Waals surface area contributed by atoms with Gasteiger partial charge in [-0.25, -0.2) is 0 Å². The average molecular weight is 357 g/mol. The maximum absolute atomic E-state index is 12.8. The van der Waals surface area contributed by atoms with E-state index in [0.29, 0.717) is 36.6 Å². The summed E-state index contributed by atoms with van der Waals surface area (Å²) >= 11 is 0. The standard InChI is InChI=1S/C17H19N5O4/c23-9-15(24)14-6-11-8-21(3-4-22(11)20-14)17(26)10-1-2-12-13(5-10)19-16(25)7-18-12/h1-2,5-6,15,18,23-24H,3-4,7-9H2,(H,19,25)/t15-/m1/s1. The van der Waals surface area contributed by atoms with Gasteiger partial charge in [0, 0.05) is 12.1 Å². The van der Waals surface area contributed by atoms with Crippen LogP contribution in [0, 0.1) is 0 Å². The van der Waals surface area contributed by atoms with Crippen molar-refractivity contribution in [1.29, 1.82) is 0 Å². The second-order valence-corrected chi connectivity index (χ2v) is 6.37. The summed E-state index contributed by atoms with van der Waals surface area (Å²) in [4.78, 5) is 26.1. The summed E-state index contributed by atoms with van der Waals surface area (Å²) in [5.41, 5.74) is 3.10. The van der Waals surface area contributed by atoms with E-state index in [1.54, 1.807) is 33.8 Å². The van der Waals surface area contributed by atoms with Gasteiger partial charge in [-0.05, 0) is 24.3 Å². The molecule has 2 aliphatic rings. The van der Waals surface area contributed by atoms with Gasteiger partial charge < -0.3 is 25.7 Å². The molecule has 2 aromatic rings. The molecule has 0 spiro atoms. The van der Waals surface area contributed by atoms with Gasteiger partial charge in [-0.15, -0.1) is 0 Å². The number of benzene rings is 1. The van der Waals surface area contributed by atoms with Gasteiger partial charge in [0.2, 0.25) is 5.91 Å². The van der Waals surface area contributed by atoms with Crippen molar-refractivity contribution in [3.8, 4) is 0 Å². The second kappa shape index (κ2) is 6.43. The van der Waals surface area contributed by atoms with Crippen molar-refractivity contribution in [3.05, 3.63) is 41.2 Å². The first-order valence-electron chi connectivity index (χ1n) is 8.38. The van der Waals surface area contributed by atoms with E-state index >= 15 is 0 Å². The summed E-state index contributed by atoms with van der Waals surface area (Å²) in [5.74, 6) is -0.275. The number of aliphatic hydroxyl groups is 2. The zero-order chi connectivity index (χ0) is 18.3. The summed E-state index contributed by atoms with van der Waals surface area (Å²) in [6.45, 7) is 1.20. The smallest absolute Gasteiger partial charge is 0.254 e. The second-order valence-electron chi connectivity index (χ2n) is 6.37. The molecule has 0 unspecified atom stereocenters. The van der Waals surface area contributed by atoms with Crippen molar-refractivity contribution < 1.29 is 19.8 Å². The number of aliphatic hydroxyl groups excluding tert-OH is 2. The Bertz CT molecular complexity index is 878. The van der Waals surface area contributed by atoms with Crippen LogP contribution >= 0.6 is 0 Å². The third-order valence-corrected chi connectivity index (χ3v) is 4.60. The van der Waals surface area contributed by atoms with Crippen molar-refractivity contribution in [2.24, 2.45) is 0 Å². The van der Waals surface area contributed by atoms with Crippen LogP contribution < -0.4 is 10.6 Å². The first-order chi connectivity index (χ1) is 12.5. The van der Waals surface area contributed by atoms with Crippen LogP contribution in [0.15, 0.2) is 24.3 Å². The Hall–Kier alpha value is -2.91. The molecule has 9 nitrogen and oxygen atoms in total. The van der Waals surface area contributed by atoms with Crippen molar-refractivity contribution in [3.63, 3.8) is 0 Å². The Morgan fingerprint density at radius 2 is 2.12 bits per heavy atom. The Labute approximate surface area is 149 Å². The normalized spacial score (nSPS) is 17.0.